The first-order chi connectivity index (χ1) is 14.0. The van der Waals surface area contributed by atoms with Gasteiger partial charge in [-0.15, -0.1) is 0 Å². The van der Waals surface area contributed by atoms with Gasteiger partial charge in [0.05, 0.1) is 6.54 Å². The lowest BCUT2D eigenvalue weighted by Crippen LogP contribution is -2.43. The van der Waals surface area contributed by atoms with Crippen molar-refractivity contribution in [2.24, 2.45) is 7.05 Å². The van der Waals surface area contributed by atoms with E-state index in [-0.39, 0.29) is 24.8 Å². The van der Waals surface area contributed by atoms with E-state index in [1.165, 1.54) is 12.1 Å². The van der Waals surface area contributed by atoms with Crippen LogP contribution < -0.4 is 16.0 Å². The van der Waals surface area contributed by atoms with Gasteiger partial charge in [-0.3, -0.25) is 4.79 Å². The van der Waals surface area contributed by atoms with Gasteiger partial charge in [0, 0.05) is 26.0 Å². The number of imidazole rings is 1. The molecule has 1 heterocycles. The quantitative estimate of drug-likeness (QED) is 0.573. The number of halogens is 1. The number of hydrogen-bond acceptors (Lipinski definition) is 3. The summed E-state index contributed by atoms with van der Waals surface area (Å²) in [5, 5.41) is 8.05. The van der Waals surface area contributed by atoms with E-state index in [2.05, 4.69) is 20.9 Å². The summed E-state index contributed by atoms with van der Waals surface area (Å²) in [4.78, 5) is 28.7. The lowest BCUT2D eigenvalue weighted by Gasteiger charge is -2.19. The predicted octanol–water partition coefficient (Wildman–Crippen LogP) is 2.26. The third kappa shape index (κ3) is 5.65. The molecule has 29 heavy (non-hydrogen) atoms. The Hall–Kier alpha value is -3.68. The van der Waals surface area contributed by atoms with E-state index in [0.29, 0.717) is 5.82 Å². The van der Waals surface area contributed by atoms with Crippen LogP contribution in [0.5, 0.6) is 0 Å². The number of hydrogen-bond donors (Lipinski definition) is 3. The fourth-order valence-corrected chi connectivity index (χ4v) is 2.82. The van der Waals surface area contributed by atoms with E-state index < -0.39 is 12.1 Å². The molecule has 0 spiro atoms. The zero-order valence-electron chi connectivity index (χ0n) is 15.9. The van der Waals surface area contributed by atoms with Crippen LogP contribution in [0.2, 0.25) is 0 Å². The van der Waals surface area contributed by atoms with Crippen LogP contribution in [-0.2, 0) is 18.4 Å². The van der Waals surface area contributed by atoms with Gasteiger partial charge in [0.1, 0.15) is 17.7 Å². The fourth-order valence-electron chi connectivity index (χ4n) is 2.82. The first kappa shape index (κ1) is 20.1. The molecular weight excluding hydrogens is 373 g/mol. The minimum atomic E-state index is -0.488. The van der Waals surface area contributed by atoms with Crippen LogP contribution in [0, 0.1) is 5.82 Å². The highest BCUT2D eigenvalue weighted by Crippen LogP contribution is 2.19. The maximum absolute atomic E-state index is 12.9. The number of amides is 3. The molecule has 0 bridgehead atoms. The third-order valence-corrected chi connectivity index (χ3v) is 4.33. The Morgan fingerprint density at radius 2 is 1.79 bits per heavy atom. The number of nitrogens with one attached hydrogen (secondary N) is 3. The largest absolute Gasteiger partial charge is 0.341 e. The molecule has 3 N–H and O–H groups in total. The van der Waals surface area contributed by atoms with Gasteiger partial charge < -0.3 is 20.5 Å². The average molecular weight is 395 g/mol. The molecule has 1 atom stereocenters. The van der Waals surface area contributed by atoms with E-state index >= 15 is 0 Å². The van der Waals surface area contributed by atoms with Crippen molar-refractivity contribution in [2.75, 3.05) is 6.54 Å². The molecule has 0 aliphatic rings. The van der Waals surface area contributed by atoms with Crippen LogP contribution in [0.25, 0.3) is 0 Å². The van der Waals surface area contributed by atoms with Crippen LogP contribution in [0.4, 0.5) is 9.18 Å². The molecule has 0 aliphatic heterocycles. The molecule has 150 valence electrons. The predicted molar refractivity (Wildman–Crippen MR) is 106 cm³/mol. The summed E-state index contributed by atoms with van der Waals surface area (Å²) in [7, 11) is 1.85. The molecular formula is C21H22FN5O2. The van der Waals surface area contributed by atoms with Crippen molar-refractivity contribution in [1.82, 2.24) is 25.5 Å². The molecule has 1 unspecified atom stereocenters. The zero-order chi connectivity index (χ0) is 20.6. The lowest BCUT2D eigenvalue weighted by molar-refractivity contribution is -0.120. The summed E-state index contributed by atoms with van der Waals surface area (Å²) in [5.41, 5.74) is 1.64. The molecule has 2 aromatic carbocycles. The van der Waals surface area contributed by atoms with Gasteiger partial charge in [0.2, 0.25) is 5.91 Å². The molecule has 8 heteroatoms. The van der Waals surface area contributed by atoms with Crippen LogP contribution in [0.15, 0.2) is 67.0 Å². The topological polar surface area (TPSA) is 88.1 Å². The fraction of sp³-hybridized carbons (Fsp3) is 0.190. The first-order valence-electron chi connectivity index (χ1n) is 9.10. The highest BCUT2D eigenvalue weighted by atomic mass is 19.1. The van der Waals surface area contributed by atoms with Crippen molar-refractivity contribution in [2.45, 2.75) is 12.6 Å². The molecule has 0 aliphatic carbocycles. The van der Waals surface area contributed by atoms with Gasteiger partial charge >= 0.3 is 6.03 Å². The minimum absolute atomic E-state index is 0.191. The van der Waals surface area contributed by atoms with Crippen molar-refractivity contribution < 1.29 is 14.0 Å². The molecule has 3 amide bonds. The van der Waals surface area contributed by atoms with E-state index in [9.17, 15) is 14.0 Å². The lowest BCUT2D eigenvalue weighted by atomic mass is 10.1. The monoisotopic (exact) mass is 395 g/mol. The Labute approximate surface area is 168 Å². The maximum Gasteiger partial charge on any atom is 0.315 e. The summed E-state index contributed by atoms with van der Waals surface area (Å²) in [6.07, 6.45) is 3.47. The Balaban J connectivity index is 1.54. The van der Waals surface area contributed by atoms with E-state index in [1.54, 1.807) is 24.5 Å². The summed E-state index contributed by atoms with van der Waals surface area (Å²) in [6.45, 7) is 0.0383. The Kier molecular flexibility index (Phi) is 6.57. The van der Waals surface area contributed by atoms with E-state index in [0.717, 1.165) is 11.1 Å². The number of nitrogens with zero attached hydrogens (tertiary/aromatic N) is 2. The molecule has 3 aromatic rings. The van der Waals surface area contributed by atoms with Crippen molar-refractivity contribution in [3.05, 3.63) is 89.8 Å². The maximum atomic E-state index is 12.9. The Bertz CT molecular complexity index is 957. The number of aromatic nitrogens is 2. The summed E-state index contributed by atoms with van der Waals surface area (Å²) in [5.74, 6) is -0.000323. The highest BCUT2D eigenvalue weighted by Gasteiger charge is 2.20. The van der Waals surface area contributed by atoms with Crippen LogP contribution >= 0.6 is 0 Å². The molecule has 0 radical (unpaired) electrons. The average Bonchev–Trinajstić information content (AvgIpc) is 3.16. The second kappa shape index (κ2) is 9.50. The molecule has 0 saturated heterocycles. The molecule has 3 rings (SSSR count). The van der Waals surface area contributed by atoms with Crippen LogP contribution in [0.1, 0.15) is 23.0 Å². The minimum Gasteiger partial charge on any atom is -0.341 e. The zero-order valence-corrected chi connectivity index (χ0v) is 15.9. The van der Waals surface area contributed by atoms with E-state index in [1.807, 2.05) is 41.9 Å². The molecule has 0 fully saturated rings. The SMILES string of the molecule is Cn1ccnc1C(NC(=O)CNC(=O)NCc1ccc(F)cc1)c1ccccc1. The number of carbonyl (C=O) groups excluding carboxylic acids is 2. The standard InChI is InChI=1S/C21H22FN5O2/c1-27-12-11-23-20(27)19(16-5-3-2-4-6-16)26-18(28)14-25-21(29)24-13-15-7-9-17(22)10-8-15/h2-12,19H,13-14H2,1H3,(H,26,28)(H2,24,25,29). The molecule has 1 aromatic heterocycles. The van der Waals surface area contributed by atoms with Crippen LogP contribution in [-0.4, -0.2) is 28.0 Å². The number of urea groups is 1. The summed E-state index contributed by atoms with van der Waals surface area (Å²) < 4.78 is 14.7. The number of aryl methyl sites for hydroxylation is 1. The summed E-state index contributed by atoms with van der Waals surface area (Å²) in [6, 6.07) is 14.4. The Morgan fingerprint density at radius 3 is 2.45 bits per heavy atom. The molecule has 7 nitrogen and oxygen atoms in total. The molecule has 0 saturated carbocycles. The Morgan fingerprint density at radius 1 is 1.07 bits per heavy atom. The summed E-state index contributed by atoms with van der Waals surface area (Å²) >= 11 is 0. The van der Waals surface area contributed by atoms with Gasteiger partial charge in [-0.05, 0) is 23.3 Å². The van der Waals surface area contributed by atoms with Crippen molar-refractivity contribution in [3.63, 3.8) is 0 Å². The highest BCUT2D eigenvalue weighted by molar-refractivity contribution is 5.84. The van der Waals surface area contributed by atoms with Crippen molar-refractivity contribution >= 4 is 11.9 Å². The van der Waals surface area contributed by atoms with Gasteiger partial charge in [0.15, 0.2) is 0 Å². The second-order valence-electron chi connectivity index (χ2n) is 6.47. The number of carbonyl (C=O) groups is 2. The van der Waals surface area contributed by atoms with Crippen molar-refractivity contribution in [3.8, 4) is 0 Å². The van der Waals surface area contributed by atoms with Gasteiger partial charge in [-0.1, -0.05) is 42.5 Å². The van der Waals surface area contributed by atoms with Gasteiger partial charge in [0.25, 0.3) is 0 Å². The first-order valence-corrected chi connectivity index (χ1v) is 9.10. The van der Waals surface area contributed by atoms with Gasteiger partial charge in [-0.2, -0.15) is 0 Å². The van der Waals surface area contributed by atoms with Gasteiger partial charge in [-0.25, -0.2) is 14.2 Å². The normalized spacial score (nSPS) is 11.5. The second-order valence-corrected chi connectivity index (χ2v) is 6.47. The number of benzene rings is 2. The van der Waals surface area contributed by atoms with E-state index in [4.69, 9.17) is 0 Å². The van der Waals surface area contributed by atoms with Crippen LogP contribution in [0.3, 0.4) is 0 Å². The van der Waals surface area contributed by atoms with Crippen molar-refractivity contribution in [1.29, 1.82) is 0 Å². The third-order valence-electron chi connectivity index (χ3n) is 4.33. The number of rotatable bonds is 7. The smallest absolute Gasteiger partial charge is 0.315 e.